The Kier molecular flexibility index (Phi) is 3.76. The van der Waals surface area contributed by atoms with Crippen LogP contribution in [0.1, 0.15) is 25.7 Å². The third kappa shape index (κ3) is 2.70. The molecule has 0 radical (unpaired) electrons. The molecule has 3 aliphatic rings. The Morgan fingerprint density at radius 2 is 1.94 bits per heavy atom. The minimum absolute atomic E-state index is 0.434. The van der Waals surface area contributed by atoms with E-state index in [0.717, 1.165) is 43.2 Å². The molecule has 2 bridgehead atoms. The molecule has 0 spiro atoms. The summed E-state index contributed by atoms with van der Waals surface area (Å²) >= 11 is 3.81. The molecule has 3 fully saturated rings. The molecule has 3 nitrogen and oxygen atoms in total. The van der Waals surface area contributed by atoms with Gasteiger partial charge in [-0.2, -0.15) is 0 Å². The van der Waals surface area contributed by atoms with Gasteiger partial charge in [0.15, 0.2) is 0 Å². The Morgan fingerprint density at radius 3 is 2.59 bits per heavy atom. The number of rotatable bonds is 2. The van der Waals surface area contributed by atoms with Gasteiger partial charge in [0.25, 0.3) is 0 Å². The fraction of sp³-hybridized carbons (Fsp3) is 1.00. The highest BCUT2D eigenvalue weighted by Crippen LogP contribution is 2.38. The van der Waals surface area contributed by atoms with Crippen LogP contribution in [-0.4, -0.2) is 66.1 Å². The Balaban J connectivity index is 1.58. The Bertz CT molecular complexity index is 262. The number of hydrogen-bond donors (Lipinski definition) is 0. The van der Waals surface area contributed by atoms with E-state index in [-0.39, 0.29) is 0 Å². The van der Waals surface area contributed by atoms with Crippen molar-refractivity contribution < 1.29 is 4.74 Å². The first kappa shape index (κ1) is 12.4. The van der Waals surface area contributed by atoms with E-state index in [0.29, 0.717) is 6.10 Å². The van der Waals surface area contributed by atoms with E-state index in [1.165, 1.54) is 25.7 Å². The number of ether oxygens (including phenoxy) is 1. The molecule has 3 heterocycles. The zero-order valence-corrected chi connectivity index (χ0v) is 12.2. The summed E-state index contributed by atoms with van der Waals surface area (Å²) in [5, 5.41) is 0. The van der Waals surface area contributed by atoms with Gasteiger partial charge in [0, 0.05) is 36.5 Å². The van der Waals surface area contributed by atoms with Gasteiger partial charge in [0.1, 0.15) is 0 Å². The van der Waals surface area contributed by atoms with Gasteiger partial charge in [-0.1, -0.05) is 15.9 Å². The maximum atomic E-state index is 5.91. The number of likely N-dealkylation sites (N-methyl/N-ethyl adjacent to an activating group) is 1. The van der Waals surface area contributed by atoms with Crippen molar-refractivity contribution in [3.63, 3.8) is 0 Å². The summed E-state index contributed by atoms with van der Waals surface area (Å²) in [6, 6.07) is 1.63. The molecule has 3 saturated heterocycles. The topological polar surface area (TPSA) is 15.7 Å². The minimum Gasteiger partial charge on any atom is -0.374 e. The van der Waals surface area contributed by atoms with Crippen molar-refractivity contribution in [2.24, 2.45) is 0 Å². The van der Waals surface area contributed by atoms with Gasteiger partial charge >= 0.3 is 0 Å². The molecule has 3 aliphatic heterocycles. The zero-order chi connectivity index (χ0) is 11.8. The van der Waals surface area contributed by atoms with Crippen LogP contribution in [-0.2, 0) is 4.74 Å². The summed E-state index contributed by atoms with van der Waals surface area (Å²) in [5.41, 5.74) is 0. The van der Waals surface area contributed by atoms with Gasteiger partial charge in [0.2, 0.25) is 0 Å². The van der Waals surface area contributed by atoms with E-state index >= 15 is 0 Å². The molecule has 0 N–H and O–H groups in total. The number of morpholine rings is 1. The van der Waals surface area contributed by atoms with Crippen LogP contribution in [0.25, 0.3) is 0 Å². The molecular formula is C13H23BrN2O. The lowest BCUT2D eigenvalue weighted by molar-refractivity contribution is -0.0464. The Morgan fingerprint density at radius 1 is 1.24 bits per heavy atom. The van der Waals surface area contributed by atoms with E-state index < -0.39 is 0 Å². The summed E-state index contributed by atoms with van der Waals surface area (Å²) in [5.74, 6) is 0. The molecule has 3 atom stereocenters. The van der Waals surface area contributed by atoms with Crippen molar-refractivity contribution in [2.75, 3.05) is 33.3 Å². The van der Waals surface area contributed by atoms with Crippen molar-refractivity contribution in [2.45, 2.75) is 48.7 Å². The molecule has 0 aromatic rings. The maximum absolute atomic E-state index is 5.91. The molecule has 0 amide bonds. The predicted molar refractivity (Wildman–Crippen MR) is 72.7 cm³/mol. The summed E-state index contributed by atoms with van der Waals surface area (Å²) in [6.45, 7) is 4.26. The van der Waals surface area contributed by atoms with E-state index in [1.807, 2.05) is 0 Å². The summed E-state index contributed by atoms with van der Waals surface area (Å²) in [6.07, 6.45) is 5.90. The van der Waals surface area contributed by atoms with Crippen LogP contribution >= 0.6 is 15.9 Å². The molecular weight excluding hydrogens is 280 g/mol. The second-order valence-electron chi connectivity index (χ2n) is 5.91. The first-order valence-electron chi connectivity index (χ1n) is 6.92. The summed E-state index contributed by atoms with van der Waals surface area (Å²) < 4.78 is 5.91. The van der Waals surface area contributed by atoms with Gasteiger partial charge in [-0.3, -0.25) is 4.90 Å². The average Bonchev–Trinajstić information content (AvgIpc) is 2.54. The van der Waals surface area contributed by atoms with E-state index in [9.17, 15) is 0 Å². The molecule has 3 unspecified atom stereocenters. The number of hydrogen-bond acceptors (Lipinski definition) is 3. The number of nitrogens with zero attached hydrogens (tertiary/aromatic N) is 2. The highest BCUT2D eigenvalue weighted by atomic mass is 79.9. The molecule has 3 rings (SSSR count). The third-order valence-electron chi connectivity index (χ3n) is 4.58. The van der Waals surface area contributed by atoms with Crippen LogP contribution in [0, 0.1) is 0 Å². The van der Waals surface area contributed by atoms with Crippen molar-refractivity contribution in [3.05, 3.63) is 0 Å². The first-order valence-corrected chi connectivity index (χ1v) is 7.84. The average molecular weight is 303 g/mol. The van der Waals surface area contributed by atoms with Crippen LogP contribution < -0.4 is 0 Å². The maximum Gasteiger partial charge on any atom is 0.0829 e. The van der Waals surface area contributed by atoms with Crippen LogP contribution in [0.15, 0.2) is 0 Å². The minimum atomic E-state index is 0.434. The molecule has 0 aliphatic carbocycles. The highest BCUT2D eigenvalue weighted by molar-refractivity contribution is 9.09. The van der Waals surface area contributed by atoms with Gasteiger partial charge in [-0.25, -0.2) is 0 Å². The van der Waals surface area contributed by atoms with E-state index in [4.69, 9.17) is 4.74 Å². The largest absolute Gasteiger partial charge is 0.374 e. The second kappa shape index (κ2) is 5.16. The van der Waals surface area contributed by atoms with Crippen LogP contribution in [0.2, 0.25) is 0 Å². The van der Waals surface area contributed by atoms with E-state index in [1.54, 1.807) is 0 Å². The van der Waals surface area contributed by atoms with Crippen molar-refractivity contribution in [3.8, 4) is 0 Å². The molecule has 17 heavy (non-hydrogen) atoms. The Labute approximate surface area is 113 Å². The fourth-order valence-electron chi connectivity index (χ4n) is 3.72. The number of alkyl halides is 1. The lowest BCUT2D eigenvalue weighted by Crippen LogP contribution is -2.51. The van der Waals surface area contributed by atoms with Crippen LogP contribution in [0.5, 0.6) is 0 Å². The molecule has 0 aromatic carbocycles. The van der Waals surface area contributed by atoms with Gasteiger partial charge < -0.3 is 9.64 Å². The van der Waals surface area contributed by atoms with Gasteiger partial charge in [0.05, 0.1) is 12.7 Å². The number of piperidine rings is 1. The van der Waals surface area contributed by atoms with Crippen molar-refractivity contribution >= 4 is 15.9 Å². The van der Waals surface area contributed by atoms with Gasteiger partial charge in [-0.15, -0.1) is 0 Å². The summed E-state index contributed by atoms with van der Waals surface area (Å²) in [7, 11) is 2.20. The molecule has 0 saturated carbocycles. The predicted octanol–water partition coefficient (Wildman–Crippen LogP) is 1.71. The molecule has 0 aromatic heterocycles. The standard InChI is InChI=1S/C13H23BrN2O/c1-15-4-5-17-13(8-15)9-16-11-2-3-12(16)7-10(14)6-11/h10-13H,2-9H2,1H3. The monoisotopic (exact) mass is 302 g/mol. The van der Waals surface area contributed by atoms with Crippen molar-refractivity contribution in [1.29, 1.82) is 0 Å². The fourth-order valence-corrected chi connectivity index (χ4v) is 4.58. The number of fused-ring (bicyclic) bond motifs is 2. The third-order valence-corrected chi connectivity index (χ3v) is 5.33. The smallest absolute Gasteiger partial charge is 0.0829 e. The highest BCUT2D eigenvalue weighted by Gasteiger charge is 2.40. The lowest BCUT2D eigenvalue weighted by atomic mass is 10.0. The first-order chi connectivity index (χ1) is 8.22. The lowest BCUT2D eigenvalue weighted by Gasteiger charge is -2.41. The van der Waals surface area contributed by atoms with Crippen LogP contribution in [0.4, 0.5) is 0 Å². The quantitative estimate of drug-likeness (QED) is 0.722. The van der Waals surface area contributed by atoms with E-state index in [2.05, 4.69) is 32.8 Å². The number of halogens is 1. The molecule has 98 valence electrons. The normalized spacial score (nSPS) is 44.1. The summed E-state index contributed by atoms with van der Waals surface area (Å²) in [4.78, 5) is 5.89. The second-order valence-corrected chi connectivity index (χ2v) is 7.20. The SMILES string of the molecule is CN1CCOC(CN2C3CCC2CC(Br)C3)C1. The van der Waals surface area contributed by atoms with Gasteiger partial charge in [-0.05, 0) is 32.7 Å². The molecule has 4 heteroatoms. The van der Waals surface area contributed by atoms with Crippen LogP contribution in [0.3, 0.4) is 0 Å². The van der Waals surface area contributed by atoms with Crippen molar-refractivity contribution in [1.82, 2.24) is 9.80 Å². The Hall–Kier alpha value is 0.360. The zero-order valence-electron chi connectivity index (χ0n) is 10.6.